The molecule has 0 aliphatic heterocycles. The van der Waals surface area contributed by atoms with Crippen LogP contribution < -0.4 is 20.1 Å². The fourth-order valence-corrected chi connectivity index (χ4v) is 2.42. The van der Waals surface area contributed by atoms with Crippen LogP contribution in [0.2, 0.25) is 0 Å². The summed E-state index contributed by atoms with van der Waals surface area (Å²) in [6.45, 7) is 12.8. The Bertz CT molecular complexity index is 528. The first-order valence-corrected chi connectivity index (χ1v) is 9.03. The summed E-state index contributed by atoms with van der Waals surface area (Å²) in [5.74, 6) is 2.32. The van der Waals surface area contributed by atoms with Crippen LogP contribution in [-0.2, 0) is 6.54 Å². The van der Waals surface area contributed by atoms with E-state index in [1.165, 1.54) is 0 Å². The minimum absolute atomic E-state index is 0.335. The molecule has 1 rings (SSSR count). The van der Waals surface area contributed by atoms with E-state index in [2.05, 4.69) is 48.2 Å². The molecule has 6 heteroatoms. The average molecular weight is 351 g/mol. The molecule has 0 fully saturated rings. The third-order valence-electron chi connectivity index (χ3n) is 3.90. The van der Waals surface area contributed by atoms with Crippen LogP contribution in [0.4, 0.5) is 0 Å². The molecule has 0 saturated carbocycles. The van der Waals surface area contributed by atoms with Gasteiger partial charge in [0.1, 0.15) is 6.61 Å². The predicted octanol–water partition coefficient (Wildman–Crippen LogP) is 2.49. The zero-order valence-corrected chi connectivity index (χ0v) is 16.6. The monoisotopic (exact) mass is 350 g/mol. The summed E-state index contributed by atoms with van der Waals surface area (Å²) in [4.78, 5) is 6.54. The second kappa shape index (κ2) is 11.6. The van der Waals surface area contributed by atoms with Gasteiger partial charge < -0.3 is 25.0 Å². The van der Waals surface area contributed by atoms with E-state index < -0.39 is 0 Å². The van der Waals surface area contributed by atoms with Gasteiger partial charge in [0.25, 0.3) is 0 Å². The summed E-state index contributed by atoms with van der Waals surface area (Å²) in [6, 6.07) is 6.35. The fourth-order valence-electron chi connectivity index (χ4n) is 2.42. The second-order valence-electron chi connectivity index (χ2n) is 6.09. The highest BCUT2D eigenvalue weighted by atomic mass is 16.5. The molecule has 0 aliphatic rings. The standard InChI is InChI=1S/C19H34N4O2/c1-7-23(8-2)11-12-25-17-10-9-16(13-18(17)24-6)14-21-19(20-5)22-15(3)4/h9-10,13,15H,7-8,11-12,14H2,1-6H3,(H2,20,21,22). The normalized spacial score (nSPS) is 11.8. The van der Waals surface area contributed by atoms with Crippen molar-refractivity contribution in [2.24, 2.45) is 4.99 Å². The second-order valence-corrected chi connectivity index (χ2v) is 6.09. The molecule has 25 heavy (non-hydrogen) atoms. The summed E-state index contributed by atoms with van der Waals surface area (Å²) in [6.07, 6.45) is 0. The van der Waals surface area contributed by atoms with Crippen LogP contribution in [-0.4, -0.2) is 57.3 Å². The minimum atomic E-state index is 0.335. The molecule has 6 nitrogen and oxygen atoms in total. The van der Waals surface area contributed by atoms with E-state index in [-0.39, 0.29) is 0 Å². The van der Waals surface area contributed by atoms with Gasteiger partial charge in [-0.05, 0) is 44.6 Å². The Labute approximate surface area is 152 Å². The maximum atomic E-state index is 5.89. The van der Waals surface area contributed by atoms with Crippen LogP contribution in [0.1, 0.15) is 33.3 Å². The Morgan fingerprint density at radius 3 is 2.48 bits per heavy atom. The molecule has 0 atom stereocenters. The topological polar surface area (TPSA) is 58.1 Å². The molecule has 0 aromatic heterocycles. The number of aliphatic imine (C=N–C) groups is 1. The van der Waals surface area contributed by atoms with E-state index >= 15 is 0 Å². The lowest BCUT2D eigenvalue weighted by atomic mass is 10.2. The highest BCUT2D eigenvalue weighted by Crippen LogP contribution is 2.28. The Kier molecular flexibility index (Phi) is 9.77. The number of likely N-dealkylation sites (N-methyl/N-ethyl adjacent to an activating group) is 1. The Morgan fingerprint density at radius 1 is 1.20 bits per heavy atom. The van der Waals surface area contributed by atoms with Crippen molar-refractivity contribution in [1.29, 1.82) is 0 Å². The number of methoxy groups -OCH3 is 1. The summed E-state index contributed by atoms with van der Waals surface area (Å²) >= 11 is 0. The SMILES string of the molecule is CCN(CC)CCOc1ccc(CNC(=NC)NC(C)C)cc1OC. The number of benzene rings is 1. The maximum absolute atomic E-state index is 5.89. The van der Waals surface area contributed by atoms with Crippen molar-refractivity contribution >= 4 is 5.96 Å². The summed E-state index contributed by atoms with van der Waals surface area (Å²) < 4.78 is 11.4. The molecule has 0 bridgehead atoms. The van der Waals surface area contributed by atoms with E-state index in [1.54, 1.807) is 14.2 Å². The van der Waals surface area contributed by atoms with Gasteiger partial charge in [-0.25, -0.2) is 0 Å². The first-order valence-electron chi connectivity index (χ1n) is 9.03. The van der Waals surface area contributed by atoms with Crippen LogP contribution in [0.5, 0.6) is 11.5 Å². The van der Waals surface area contributed by atoms with Gasteiger partial charge in [-0.1, -0.05) is 19.9 Å². The predicted molar refractivity (Wildman–Crippen MR) is 105 cm³/mol. The molecule has 0 amide bonds. The highest BCUT2D eigenvalue weighted by molar-refractivity contribution is 5.79. The van der Waals surface area contributed by atoms with E-state index in [1.807, 2.05) is 18.2 Å². The lowest BCUT2D eigenvalue weighted by Gasteiger charge is -2.19. The molecular weight excluding hydrogens is 316 g/mol. The molecule has 0 heterocycles. The van der Waals surface area contributed by atoms with Crippen LogP contribution in [0.3, 0.4) is 0 Å². The molecular formula is C19H34N4O2. The first kappa shape index (κ1) is 21.1. The maximum Gasteiger partial charge on any atom is 0.191 e. The van der Waals surface area contributed by atoms with Crippen molar-refractivity contribution in [1.82, 2.24) is 15.5 Å². The van der Waals surface area contributed by atoms with E-state index in [0.29, 0.717) is 19.2 Å². The summed E-state index contributed by atoms with van der Waals surface area (Å²) in [7, 11) is 3.44. The largest absolute Gasteiger partial charge is 0.493 e. The number of rotatable bonds is 10. The van der Waals surface area contributed by atoms with Gasteiger partial charge in [-0.2, -0.15) is 0 Å². The number of guanidine groups is 1. The molecule has 0 aliphatic carbocycles. The van der Waals surface area contributed by atoms with Crippen molar-refractivity contribution < 1.29 is 9.47 Å². The highest BCUT2D eigenvalue weighted by Gasteiger charge is 2.08. The van der Waals surface area contributed by atoms with Crippen molar-refractivity contribution in [3.8, 4) is 11.5 Å². The Hall–Kier alpha value is -1.95. The van der Waals surface area contributed by atoms with Crippen LogP contribution >= 0.6 is 0 Å². The van der Waals surface area contributed by atoms with Gasteiger partial charge in [0.05, 0.1) is 7.11 Å². The van der Waals surface area contributed by atoms with Gasteiger partial charge in [-0.15, -0.1) is 0 Å². The third kappa shape index (κ3) is 7.65. The van der Waals surface area contributed by atoms with E-state index in [9.17, 15) is 0 Å². The van der Waals surface area contributed by atoms with Gasteiger partial charge in [0, 0.05) is 26.2 Å². The number of nitrogens with one attached hydrogen (secondary N) is 2. The minimum Gasteiger partial charge on any atom is -0.493 e. The number of hydrogen-bond donors (Lipinski definition) is 2. The Balaban J connectivity index is 2.62. The molecule has 0 spiro atoms. The molecule has 1 aromatic rings. The van der Waals surface area contributed by atoms with Crippen LogP contribution in [0.25, 0.3) is 0 Å². The molecule has 2 N–H and O–H groups in total. The zero-order valence-electron chi connectivity index (χ0n) is 16.6. The van der Waals surface area contributed by atoms with Gasteiger partial charge in [0.2, 0.25) is 0 Å². The van der Waals surface area contributed by atoms with E-state index in [0.717, 1.165) is 42.7 Å². The van der Waals surface area contributed by atoms with Crippen molar-refractivity contribution in [3.63, 3.8) is 0 Å². The number of hydrogen-bond acceptors (Lipinski definition) is 4. The third-order valence-corrected chi connectivity index (χ3v) is 3.90. The van der Waals surface area contributed by atoms with Gasteiger partial charge >= 0.3 is 0 Å². The Morgan fingerprint density at radius 2 is 1.92 bits per heavy atom. The first-order chi connectivity index (χ1) is 12.0. The molecule has 142 valence electrons. The van der Waals surface area contributed by atoms with Gasteiger partial charge in [0.15, 0.2) is 17.5 Å². The molecule has 0 radical (unpaired) electrons. The molecule has 0 saturated heterocycles. The molecule has 0 unspecified atom stereocenters. The lowest BCUT2D eigenvalue weighted by molar-refractivity contribution is 0.217. The quantitative estimate of drug-likeness (QED) is 0.501. The molecule has 1 aromatic carbocycles. The summed E-state index contributed by atoms with van der Waals surface area (Å²) in [5.41, 5.74) is 1.11. The summed E-state index contributed by atoms with van der Waals surface area (Å²) in [5, 5.41) is 6.56. The zero-order chi connectivity index (χ0) is 18.7. The number of nitrogens with zero attached hydrogens (tertiary/aromatic N) is 2. The van der Waals surface area contributed by atoms with E-state index in [4.69, 9.17) is 9.47 Å². The lowest BCUT2D eigenvalue weighted by Crippen LogP contribution is -2.40. The van der Waals surface area contributed by atoms with Crippen molar-refractivity contribution in [3.05, 3.63) is 23.8 Å². The van der Waals surface area contributed by atoms with Crippen LogP contribution in [0.15, 0.2) is 23.2 Å². The average Bonchev–Trinajstić information content (AvgIpc) is 2.62. The van der Waals surface area contributed by atoms with Crippen LogP contribution in [0, 0.1) is 0 Å². The van der Waals surface area contributed by atoms with Gasteiger partial charge in [-0.3, -0.25) is 4.99 Å². The fraction of sp³-hybridized carbons (Fsp3) is 0.632. The van der Waals surface area contributed by atoms with Crippen molar-refractivity contribution in [2.45, 2.75) is 40.3 Å². The number of ether oxygens (including phenoxy) is 2. The van der Waals surface area contributed by atoms with Crippen molar-refractivity contribution in [2.75, 3.05) is 40.4 Å². The smallest absolute Gasteiger partial charge is 0.191 e.